The van der Waals surface area contributed by atoms with Crippen LogP contribution in [0.15, 0.2) is 18.2 Å². The highest BCUT2D eigenvalue weighted by molar-refractivity contribution is 5.99. The first-order chi connectivity index (χ1) is 10.2. The van der Waals surface area contributed by atoms with E-state index in [1.807, 2.05) is 25.1 Å². The number of carbonyl (C=O) groups excluding carboxylic acids is 1. The SMILES string of the molecule is CCCNc1ccc(C)cc1C(=O)NCCC1CCCC1. The molecule has 0 saturated heterocycles. The third-order valence-corrected chi connectivity index (χ3v) is 4.30. The van der Waals surface area contributed by atoms with E-state index >= 15 is 0 Å². The molecular weight excluding hydrogens is 260 g/mol. The van der Waals surface area contributed by atoms with E-state index in [-0.39, 0.29) is 5.91 Å². The van der Waals surface area contributed by atoms with Gasteiger partial charge in [-0.1, -0.05) is 44.2 Å². The van der Waals surface area contributed by atoms with Crippen molar-refractivity contribution in [1.29, 1.82) is 0 Å². The average Bonchev–Trinajstić information content (AvgIpc) is 2.99. The van der Waals surface area contributed by atoms with E-state index in [9.17, 15) is 4.79 Å². The van der Waals surface area contributed by atoms with Crippen LogP contribution in [0.4, 0.5) is 5.69 Å². The summed E-state index contributed by atoms with van der Waals surface area (Å²) in [6, 6.07) is 6.03. The smallest absolute Gasteiger partial charge is 0.253 e. The van der Waals surface area contributed by atoms with Crippen molar-refractivity contribution in [3.8, 4) is 0 Å². The number of hydrogen-bond donors (Lipinski definition) is 2. The summed E-state index contributed by atoms with van der Waals surface area (Å²) in [5.41, 5.74) is 2.84. The van der Waals surface area contributed by atoms with Gasteiger partial charge in [0.05, 0.1) is 5.56 Å². The summed E-state index contributed by atoms with van der Waals surface area (Å²) in [5, 5.41) is 6.43. The summed E-state index contributed by atoms with van der Waals surface area (Å²) in [6.45, 7) is 5.84. The number of aryl methyl sites for hydroxylation is 1. The molecule has 2 N–H and O–H groups in total. The second kappa shape index (κ2) is 8.06. The molecule has 1 aliphatic rings. The van der Waals surface area contributed by atoms with E-state index in [2.05, 4.69) is 17.6 Å². The Kier molecular flexibility index (Phi) is 6.09. The second-order valence-electron chi connectivity index (χ2n) is 6.17. The molecule has 0 aliphatic heterocycles. The van der Waals surface area contributed by atoms with Crippen LogP contribution < -0.4 is 10.6 Å². The number of benzene rings is 1. The van der Waals surface area contributed by atoms with Crippen LogP contribution in [-0.2, 0) is 0 Å². The minimum Gasteiger partial charge on any atom is -0.384 e. The zero-order valence-corrected chi connectivity index (χ0v) is 13.4. The molecule has 0 atom stereocenters. The fourth-order valence-electron chi connectivity index (χ4n) is 3.04. The van der Waals surface area contributed by atoms with Gasteiger partial charge in [-0.05, 0) is 37.8 Å². The van der Waals surface area contributed by atoms with E-state index in [0.29, 0.717) is 0 Å². The molecule has 0 radical (unpaired) electrons. The third-order valence-electron chi connectivity index (χ3n) is 4.30. The highest BCUT2D eigenvalue weighted by Gasteiger charge is 2.16. The maximum absolute atomic E-state index is 12.4. The van der Waals surface area contributed by atoms with Crippen molar-refractivity contribution in [3.63, 3.8) is 0 Å². The molecular formula is C18H28N2O. The lowest BCUT2D eigenvalue weighted by atomic mass is 10.0. The fourth-order valence-corrected chi connectivity index (χ4v) is 3.04. The monoisotopic (exact) mass is 288 g/mol. The molecule has 0 aromatic heterocycles. The van der Waals surface area contributed by atoms with Gasteiger partial charge in [0.1, 0.15) is 0 Å². The van der Waals surface area contributed by atoms with Crippen molar-refractivity contribution in [2.45, 2.75) is 52.4 Å². The van der Waals surface area contributed by atoms with Crippen LogP contribution in [-0.4, -0.2) is 19.0 Å². The topological polar surface area (TPSA) is 41.1 Å². The lowest BCUT2D eigenvalue weighted by Gasteiger charge is -2.14. The summed E-state index contributed by atoms with van der Waals surface area (Å²) in [6.07, 6.45) is 7.57. The molecule has 21 heavy (non-hydrogen) atoms. The van der Waals surface area contributed by atoms with Gasteiger partial charge >= 0.3 is 0 Å². The van der Waals surface area contributed by atoms with Gasteiger partial charge in [0.2, 0.25) is 0 Å². The van der Waals surface area contributed by atoms with Crippen molar-refractivity contribution in [3.05, 3.63) is 29.3 Å². The normalized spacial score (nSPS) is 15.1. The summed E-state index contributed by atoms with van der Waals surface area (Å²) in [7, 11) is 0. The molecule has 1 aromatic rings. The van der Waals surface area contributed by atoms with Crippen molar-refractivity contribution in [1.82, 2.24) is 5.32 Å². The van der Waals surface area contributed by atoms with Crippen molar-refractivity contribution >= 4 is 11.6 Å². The van der Waals surface area contributed by atoms with E-state index in [0.717, 1.165) is 48.7 Å². The lowest BCUT2D eigenvalue weighted by Crippen LogP contribution is -2.26. The van der Waals surface area contributed by atoms with E-state index < -0.39 is 0 Å². The van der Waals surface area contributed by atoms with Crippen LogP contribution in [0.1, 0.15) is 61.4 Å². The Hall–Kier alpha value is -1.51. The Labute approximate surface area is 128 Å². The molecule has 0 spiro atoms. The highest BCUT2D eigenvalue weighted by atomic mass is 16.1. The molecule has 1 aliphatic carbocycles. The average molecular weight is 288 g/mol. The van der Waals surface area contributed by atoms with Gasteiger partial charge in [-0.3, -0.25) is 4.79 Å². The van der Waals surface area contributed by atoms with Crippen LogP contribution in [0.3, 0.4) is 0 Å². The fraction of sp³-hybridized carbons (Fsp3) is 0.611. The van der Waals surface area contributed by atoms with Gasteiger partial charge in [0.25, 0.3) is 5.91 Å². The van der Waals surface area contributed by atoms with Crippen LogP contribution in [0, 0.1) is 12.8 Å². The number of anilines is 1. The van der Waals surface area contributed by atoms with Crippen LogP contribution in [0.25, 0.3) is 0 Å². The molecule has 0 bridgehead atoms. The van der Waals surface area contributed by atoms with Crippen molar-refractivity contribution in [2.24, 2.45) is 5.92 Å². The molecule has 0 heterocycles. The predicted octanol–water partition coefficient (Wildman–Crippen LogP) is 4.13. The maximum atomic E-state index is 12.4. The summed E-state index contributed by atoms with van der Waals surface area (Å²) >= 11 is 0. The molecule has 1 saturated carbocycles. The Bertz CT molecular complexity index is 464. The minimum absolute atomic E-state index is 0.0512. The molecule has 3 nitrogen and oxygen atoms in total. The van der Waals surface area contributed by atoms with E-state index in [4.69, 9.17) is 0 Å². The standard InChI is InChI=1S/C18H28N2O/c1-3-11-19-17-9-8-14(2)13-16(17)18(21)20-12-10-15-6-4-5-7-15/h8-9,13,15,19H,3-7,10-12H2,1-2H3,(H,20,21). The molecule has 1 fully saturated rings. The molecule has 1 amide bonds. The molecule has 116 valence electrons. The zero-order valence-electron chi connectivity index (χ0n) is 13.4. The Morgan fingerprint density at radius 3 is 2.71 bits per heavy atom. The Morgan fingerprint density at radius 2 is 2.00 bits per heavy atom. The first kappa shape index (κ1) is 15.9. The molecule has 3 heteroatoms. The third kappa shape index (κ3) is 4.76. The van der Waals surface area contributed by atoms with Crippen LogP contribution in [0.5, 0.6) is 0 Å². The number of hydrogen-bond acceptors (Lipinski definition) is 2. The predicted molar refractivity (Wildman–Crippen MR) is 88.9 cm³/mol. The summed E-state index contributed by atoms with van der Waals surface area (Å²) in [5.74, 6) is 0.871. The van der Waals surface area contributed by atoms with Gasteiger partial charge in [-0.25, -0.2) is 0 Å². The van der Waals surface area contributed by atoms with Crippen molar-refractivity contribution in [2.75, 3.05) is 18.4 Å². The number of nitrogens with one attached hydrogen (secondary N) is 2. The summed E-state index contributed by atoms with van der Waals surface area (Å²) < 4.78 is 0. The first-order valence-electron chi connectivity index (χ1n) is 8.33. The lowest BCUT2D eigenvalue weighted by molar-refractivity contribution is 0.0952. The Morgan fingerprint density at radius 1 is 1.24 bits per heavy atom. The largest absolute Gasteiger partial charge is 0.384 e. The number of carbonyl (C=O) groups is 1. The summed E-state index contributed by atoms with van der Waals surface area (Å²) in [4.78, 5) is 12.4. The van der Waals surface area contributed by atoms with Gasteiger partial charge in [-0.2, -0.15) is 0 Å². The molecule has 2 rings (SSSR count). The van der Waals surface area contributed by atoms with Crippen LogP contribution >= 0.6 is 0 Å². The number of rotatable bonds is 7. The van der Waals surface area contributed by atoms with E-state index in [1.54, 1.807) is 0 Å². The van der Waals surface area contributed by atoms with Gasteiger partial charge in [-0.15, -0.1) is 0 Å². The van der Waals surface area contributed by atoms with Gasteiger partial charge < -0.3 is 10.6 Å². The van der Waals surface area contributed by atoms with Crippen molar-refractivity contribution < 1.29 is 4.79 Å². The van der Waals surface area contributed by atoms with Crippen LogP contribution in [0.2, 0.25) is 0 Å². The second-order valence-corrected chi connectivity index (χ2v) is 6.17. The molecule has 0 unspecified atom stereocenters. The van der Waals surface area contributed by atoms with Gasteiger partial charge in [0.15, 0.2) is 0 Å². The minimum atomic E-state index is 0.0512. The molecule has 1 aromatic carbocycles. The van der Waals surface area contributed by atoms with Gasteiger partial charge in [0, 0.05) is 18.8 Å². The highest BCUT2D eigenvalue weighted by Crippen LogP contribution is 2.27. The first-order valence-corrected chi connectivity index (χ1v) is 8.33. The quantitative estimate of drug-likeness (QED) is 0.792. The zero-order chi connectivity index (χ0) is 15.1. The maximum Gasteiger partial charge on any atom is 0.253 e. The van der Waals surface area contributed by atoms with E-state index in [1.165, 1.54) is 25.7 Å². The Balaban J connectivity index is 1.91. The number of amides is 1.